The fourth-order valence-corrected chi connectivity index (χ4v) is 3.70. The molecule has 122 valence electrons. The third-order valence-corrected chi connectivity index (χ3v) is 4.93. The van der Waals surface area contributed by atoms with Gasteiger partial charge in [-0.05, 0) is 23.1 Å². The number of hydrogen-bond acceptors (Lipinski definition) is 3. The summed E-state index contributed by atoms with van der Waals surface area (Å²) < 4.78 is 6.41. The van der Waals surface area contributed by atoms with E-state index in [-0.39, 0.29) is 5.78 Å². The smallest absolute Gasteiger partial charge is 0.308 e. The van der Waals surface area contributed by atoms with Gasteiger partial charge in [0.25, 0.3) is 0 Å². The number of esters is 1. The first kappa shape index (κ1) is 15.8. The number of carbonyl (C=O) groups excluding carboxylic acids is 2. The highest BCUT2D eigenvalue weighted by atomic mass is 79.9. The molecule has 0 saturated carbocycles. The van der Waals surface area contributed by atoms with Crippen LogP contribution in [0, 0.1) is 0 Å². The molecular weight excluding hydrogens is 380 g/mol. The van der Waals surface area contributed by atoms with Gasteiger partial charge in [-0.25, -0.2) is 0 Å². The first-order valence-electron chi connectivity index (χ1n) is 7.82. The van der Waals surface area contributed by atoms with Crippen LogP contribution in [0.4, 0.5) is 0 Å². The molecule has 4 rings (SSSR count). The third kappa shape index (κ3) is 2.50. The van der Waals surface area contributed by atoms with Gasteiger partial charge < -0.3 is 4.74 Å². The Kier molecular flexibility index (Phi) is 3.77. The molecule has 0 amide bonds. The molecule has 25 heavy (non-hydrogen) atoms. The zero-order valence-corrected chi connectivity index (χ0v) is 15.0. The number of carbonyl (C=O) groups is 2. The van der Waals surface area contributed by atoms with Crippen molar-refractivity contribution in [3.05, 3.63) is 81.8 Å². The number of rotatable bonds is 2. The number of halogens is 1. The van der Waals surface area contributed by atoms with Gasteiger partial charge in [-0.2, -0.15) is 0 Å². The van der Waals surface area contributed by atoms with Crippen LogP contribution in [0.1, 0.15) is 28.4 Å². The van der Waals surface area contributed by atoms with Crippen LogP contribution in [0.25, 0.3) is 22.1 Å². The quantitative estimate of drug-likeness (QED) is 0.560. The maximum atomic E-state index is 13.2. The van der Waals surface area contributed by atoms with Gasteiger partial charge in [-0.1, -0.05) is 64.5 Å². The van der Waals surface area contributed by atoms with Gasteiger partial charge in [-0.3, -0.25) is 9.59 Å². The van der Waals surface area contributed by atoms with Crippen LogP contribution in [-0.2, 0) is 9.53 Å². The van der Waals surface area contributed by atoms with Crippen molar-refractivity contribution in [2.45, 2.75) is 6.92 Å². The predicted molar refractivity (Wildman–Crippen MR) is 101 cm³/mol. The second-order valence-electron chi connectivity index (χ2n) is 5.82. The molecule has 1 aliphatic carbocycles. The highest BCUT2D eigenvalue weighted by Crippen LogP contribution is 2.42. The lowest BCUT2D eigenvalue weighted by Gasteiger charge is -2.23. The maximum Gasteiger partial charge on any atom is 0.308 e. The van der Waals surface area contributed by atoms with Crippen LogP contribution in [-0.4, -0.2) is 11.8 Å². The van der Waals surface area contributed by atoms with E-state index in [1.807, 2.05) is 60.7 Å². The summed E-state index contributed by atoms with van der Waals surface area (Å²) in [6.07, 6.45) is 0. The summed E-state index contributed by atoms with van der Waals surface area (Å²) in [7, 11) is 0. The van der Waals surface area contributed by atoms with Crippen molar-refractivity contribution in [3.63, 3.8) is 0 Å². The molecule has 0 unspecified atom stereocenters. The van der Waals surface area contributed by atoms with E-state index >= 15 is 0 Å². The van der Waals surface area contributed by atoms with E-state index < -0.39 is 5.97 Å². The summed E-state index contributed by atoms with van der Waals surface area (Å²) in [5.41, 5.74) is 2.51. The molecule has 1 aliphatic rings. The lowest BCUT2D eigenvalue weighted by molar-refractivity contribution is -0.134. The molecule has 0 bridgehead atoms. The largest absolute Gasteiger partial charge is 0.425 e. The lowest BCUT2D eigenvalue weighted by atomic mass is 9.84. The summed E-state index contributed by atoms with van der Waals surface area (Å²) in [5.74, 6) is -0.273. The standard InChI is InChI=1S/C21H13BrO3/c1-12(23)25-21-16-9-5-8-14-17(22)11-10-15(19(14)16)20(24)18(21)13-6-3-2-4-7-13/h2-11H,1H3. The van der Waals surface area contributed by atoms with Gasteiger partial charge in [0, 0.05) is 27.9 Å². The molecule has 0 aliphatic heterocycles. The molecule has 0 atom stereocenters. The first-order chi connectivity index (χ1) is 12.1. The fourth-order valence-electron chi connectivity index (χ4n) is 3.24. The van der Waals surface area contributed by atoms with E-state index in [2.05, 4.69) is 15.9 Å². The second-order valence-corrected chi connectivity index (χ2v) is 6.67. The Morgan fingerprint density at radius 1 is 0.920 bits per heavy atom. The molecule has 3 nitrogen and oxygen atoms in total. The average Bonchev–Trinajstić information content (AvgIpc) is 2.61. The first-order valence-corrected chi connectivity index (χ1v) is 8.61. The Hall–Kier alpha value is -2.72. The van der Waals surface area contributed by atoms with Crippen molar-refractivity contribution in [3.8, 4) is 0 Å². The highest BCUT2D eigenvalue weighted by molar-refractivity contribution is 9.10. The van der Waals surface area contributed by atoms with Crippen molar-refractivity contribution in [2.75, 3.05) is 0 Å². The highest BCUT2D eigenvalue weighted by Gasteiger charge is 2.31. The number of allylic oxidation sites excluding steroid dienone is 1. The molecule has 3 aromatic rings. The Bertz CT molecular complexity index is 1070. The molecule has 0 saturated heterocycles. The molecule has 0 radical (unpaired) electrons. The Balaban J connectivity index is 2.13. The van der Waals surface area contributed by atoms with Gasteiger partial charge in [0.1, 0.15) is 5.76 Å². The molecule has 3 aromatic carbocycles. The monoisotopic (exact) mass is 392 g/mol. The lowest BCUT2D eigenvalue weighted by Crippen LogP contribution is -2.15. The van der Waals surface area contributed by atoms with E-state index in [1.54, 1.807) is 0 Å². The van der Waals surface area contributed by atoms with Crippen molar-refractivity contribution in [1.82, 2.24) is 0 Å². The minimum Gasteiger partial charge on any atom is -0.425 e. The van der Waals surface area contributed by atoms with Crippen LogP contribution in [0.15, 0.2) is 65.1 Å². The van der Waals surface area contributed by atoms with Gasteiger partial charge in [0.15, 0.2) is 5.78 Å². The second kappa shape index (κ2) is 5.97. The minimum atomic E-state index is -0.452. The van der Waals surface area contributed by atoms with Crippen LogP contribution >= 0.6 is 15.9 Å². The van der Waals surface area contributed by atoms with Crippen LogP contribution in [0.3, 0.4) is 0 Å². The van der Waals surface area contributed by atoms with Gasteiger partial charge in [0.05, 0.1) is 5.57 Å². The number of benzene rings is 3. The van der Waals surface area contributed by atoms with E-state index in [1.165, 1.54) is 6.92 Å². The number of Topliss-reactive ketones (excluding diaryl/α,β-unsaturated/α-hetero) is 1. The SMILES string of the molecule is CC(=O)OC1=C(c2ccccc2)C(=O)c2ccc(Br)c3cccc1c23. The topological polar surface area (TPSA) is 43.4 Å². The van der Waals surface area contributed by atoms with Crippen molar-refractivity contribution < 1.29 is 14.3 Å². The fraction of sp³-hybridized carbons (Fsp3) is 0.0476. The van der Waals surface area contributed by atoms with E-state index in [0.717, 1.165) is 26.4 Å². The van der Waals surface area contributed by atoms with Crippen molar-refractivity contribution in [2.24, 2.45) is 0 Å². The van der Waals surface area contributed by atoms with Crippen molar-refractivity contribution in [1.29, 1.82) is 0 Å². The molecular formula is C21H13BrO3. The van der Waals surface area contributed by atoms with E-state index in [0.29, 0.717) is 16.9 Å². The minimum absolute atomic E-state index is 0.140. The predicted octanol–water partition coefficient (Wildman–Crippen LogP) is 5.23. The van der Waals surface area contributed by atoms with E-state index in [4.69, 9.17) is 4.74 Å². The third-order valence-electron chi connectivity index (χ3n) is 4.24. The Morgan fingerprint density at radius 3 is 2.40 bits per heavy atom. The number of ketones is 1. The van der Waals surface area contributed by atoms with Crippen LogP contribution < -0.4 is 0 Å². The number of ether oxygens (including phenoxy) is 1. The molecule has 0 N–H and O–H groups in total. The molecule has 0 spiro atoms. The molecule has 0 aromatic heterocycles. The van der Waals surface area contributed by atoms with E-state index in [9.17, 15) is 9.59 Å². The molecule has 4 heteroatoms. The summed E-state index contributed by atoms with van der Waals surface area (Å²) in [6.45, 7) is 1.34. The summed E-state index contributed by atoms with van der Waals surface area (Å²) in [5, 5.41) is 1.72. The summed E-state index contributed by atoms with van der Waals surface area (Å²) in [4.78, 5) is 25.0. The Labute approximate surface area is 153 Å². The maximum absolute atomic E-state index is 13.2. The van der Waals surface area contributed by atoms with Gasteiger partial charge in [-0.15, -0.1) is 0 Å². The molecule has 0 fully saturated rings. The Morgan fingerprint density at radius 2 is 1.68 bits per heavy atom. The molecule has 0 heterocycles. The van der Waals surface area contributed by atoms with Crippen molar-refractivity contribution >= 4 is 49.8 Å². The number of hydrogen-bond donors (Lipinski definition) is 0. The van der Waals surface area contributed by atoms with Gasteiger partial charge >= 0.3 is 5.97 Å². The zero-order chi connectivity index (χ0) is 17.6. The average molecular weight is 393 g/mol. The van der Waals surface area contributed by atoms with Crippen LogP contribution in [0.5, 0.6) is 0 Å². The summed E-state index contributed by atoms with van der Waals surface area (Å²) >= 11 is 3.53. The van der Waals surface area contributed by atoms with Crippen LogP contribution in [0.2, 0.25) is 0 Å². The van der Waals surface area contributed by atoms with Gasteiger partial charge in [0.2, 0.25) is 0 Å². The normalized spacial score (nSPS) is 13.3. The summed E-state index contributed by atoms with van der Waals surface area (Å²) in [6, 6.07) is 18.7. The zero-order valence-electron chi connectivity index (χ0n) is 13.4.